The molecule has 2 fully saturated rings. The van der Waals surface area contributed by atoms with Crippen LogP contribution in [0.5, 0.6) is 0 Å². The Morgan fingerprint density at radius 3 is 2.81 bits per heavy atom. The highest BCUT2D eigenvalue weighted by Crippen LogP contribution is 2.43. The number of benzene rings is 1. The van der Waals surface area contributed by atoms with E-state index in [4.69, 9.17) is 19.9 Å². The molecule has 11 nitrogen and oxygen atoms in total. The standard InChI is InChI=1S/C21H25N7O4/c1-21(2)31-14-15(19(29)23-3)30-20(16(14)32-21)28-10-27-13-17(25-9-26-18(13)28)24-8-11-5-4-6-12(22)7-11/h4-7,9-10,14-16,20H,8,22H2,1-3H3,(H,23,29)(H,24,25,26)/t14-,15+,16-,20-/m1/s1. The van der Waals surface area contributed by atoms with E-state index in [-0.39, 0.29) is 5.91 Å². The minimum atomic E-state index is -0.834. The molecule has 0 aliphatic carbocycles. The van der Waals surface area contributed by atoms with Gasteiger partial charge in [0.25, 0.3) is 5.91 Å². The first-order valence-electron chi connectivity index (χ1n) is 10.3. The quantitative estimate of drug-likeness (QED) is 0.500. The zero-order valence-corrected chi connectivity index (χ0v) is 18.0. The second-order valence-electron chi connectivity index (χ2n) is 8.27. The molecule has 0 unspecified atom stereocenters. The molecule has 4 heterocycles. The van der Waals surface area contributed by atoms with E-state index < -0.39 is 30.3 Å². The normalized spacial score (nSPS) is 26.2. The number of likely N-dealkylation sites (N-methyl/N-ethyl adjacent to an activating group) is 1. The summed E-state index contributed by atoms with van der Waals surface area (Å²) in [6.45, 7) is 4.16. The van der Waals surface area contributed by atoms with Gasteiger partial charge >= 0.3 is 0 Å². The Morgan fingerprint density at radius 2 is 2.03 bits per heavy atom. The van der Waals surface area contributed by atoms with Gasteiger partial charge in [-0.05, 0) is 31.5 Å². The number of amides is 1. The maximum absolute atomic E-state index is 12.4. The van der Waals surface area contributed by atoms with E-state index >= 15 is 0 Å². The highest BCUT2D eigenvalue weighted by Gasteiger charge is 2.58. The van der Waals surface area contributed by atoms with Crippen molar-refractivity contribution in [2.24, 2.45) is 0 Å². The second kappa shape index (κ2) is 7.69. The summed E-state index contributed by atoms with van der Waals surface area (Å²) in [5.74, 6) is -0.524. The lowest BCUT2D eigenvalue weighted by Crippen LogP contribution is -2.41. The molecular weight excluding hydrogens is 414 g/mol. The fraction of sp³-hybridized carbons (Fsp3) is 0.429. The average Bonchev–Trinajstić information content (AvgIpc) is 3.42. The van der Waals surface area contributed by atoms with Crippen LogP contribution in [0.4, 0.5) is 11.5 Å². The van der Waals surface area contributed by atoms with Gasteiger partial charge in [-0.2, -0.15) is 0 Å². The molecule has 2 aromatic heterocycles. The van der Waals surface area contributed by atoms with Crippen molar-refractivity contribution in [3.05, 3.63) is 42.5 Å². The zero-order valence-electron chi connectivity index (χ0n) is 18.0. The molecular formula is C21H25N7O4. The lowest BCUT2D eigenvalue weighted by atomic mass is 10.1. The number of imidazole rings is 1. The molecule has 0 saturated carbocycles. The first-order valence-corrected chi connectivity index (χ1v) is 10.3. The van der Waals surface area contributed by atoms with Crippen LogP contribution in [0.15, 0.2) is 36.9 Å². The molecule has 0 spiro atoms. The van der Waals surface area contributed by atoms with Crippen molar-refractivity contribution in [1.29, 1.82) is 0 Å². The first kappa shape index (κ1) is 20.6. The topological polar surface area (TPSA) is 138 Å². The Labute approximate surface area is 184 Å². The Kier molecular flexibility index (Phi) is 4.96. The number of anilines is 2. The van der Waals surface area contributed by atoms with Crippen molar-refractivity contribution in [3.63, 3.8) is 0 Å². The molecule has 0 bridgehead atoms. The third-order valence-electron chi connectivity index (χ3n) is 5.58. The van der Waals surface area contributed by atoms with Crippen LogP contribution in [0.2, 0.25) is 0 Å². The van der Waals surface area contributed by atoms with E-state index in [0.29, 0.717) is 29.2 Å². The maximum Gasteiger partial charge on any atom is 0.251 e. The van der Waals surface area contributed by atoms with Crippen molar-refractivity contribution >= 4 is 28.6 Å². The monoisotopic (exact) mass is 439 g/mol. The number of carbonyl (C=O) groups excluding carboxylic acids is 1. The lowest BCUT2D eigenvalue weighted by Gasteiger charge is -2.24. The minimum Gasteiger partial charge on any atom is -0.399 e. The molecule has 168 valence electrons. The Hall–Kier alpha value is -3.28. The van der Waals surface area contributed by atoms with E-state index in [1.807, 2.05) is 38.1 Å². The lowest BCUT2D eigenvalue weighted by molar-refractivity contribution is -0.197. The van der Waals surface area contributed by atoms with Gasteiger partial charge in [-0.25, -0.2) is 15.0 Å². The second-order valence-corrected chi connectivity index (χ2v) is 8.27. The van der Waals surface area contributed by atoms with Crippen LogP contribution in [0.1, 0.15) is 25.6 Å². The van der Waals surface area contributed by atoms with E-state index in [1.165, 1.54) is 6.33 Å². The van der Waals surface area contributed by atoms with Crippen LogP contribution >= 0.6 is 0 Å². The molecule has 32 heavy (non-hydrogen) atoms. The molecule has 5 rings (SSSR count). The minimum absolute atomic E-state index is 0.271. The number of aromatic nitrogens is 4. The summed E-state index contributed by atoms with van der Waals surface area (Å²) in [6, 6.07) is 7.61. The smallest absolute Gasteiger partial charge is 0.251 e. The van der Waals surface area contributed by atoms with Crippen LogP contribution in [-0.2, 0) is 25.5 Å². The SMILES string of the molecule is CNC(=O)[C@H]1O[C@@H](n2cnc3c(NCc4cccc(N)c4)ncnc32)[C@@H]2OC(C)(C)O[C@@H]21. The summed E-state index contributed by atoms with van der Waals surface area (Å²) < 4.78 is 19.9. The van der Waals surface area contributed by atoms with Crippen LogP contribution < -0.4 is 16.4 Å². The van der Waals surface area contributed by atoms with Crippen molar-refractivity contribution < 1.29 is 19.0 Å². The number of nitrogens with one attached hydrogen (secondary N) is 2. The van der Waals surface area contributed by atoms with Gasteiger partial charge in [0, 0.05) is 19.3 Å². The summed E-state index contributed by atoms with van der Waals surface area (Å²) >= 11 is 0. The third-order valence-corrected chi connectivity index (χ3v) is 5.58. The molecule has 2 aliphatic heterocycles. The molecule has 1 amide bonds. The van der Waals surface area contributed by atoms with Crippen molar-refractivity contribution in [2.75, 3.05) is 18.1 Å². The molecule has 3 aromatic rings. The Morgan fingerprint density at radius 1 is 1.22 bits per heavy atom. The summed E-state index contributed by atoms with van der Waals surface area (Å²) in [6.07, 6.45) is 0.593. The predicted molar refractivity (Wildman–Crippen MR) is 115 cm³/mol. The number of nitrogens with zero attached hydrogens (tertiary/aromatic N) is 4. The van der Waals surface area contributed by atoms with Gasteiger partial charge in [-0.1, -0.05) is 12.1 Å². The molecule has 0 radical (unpaired) electrons. The van der Waals surface area contributed by atoms with Crippen molar-refractivity contribution in [1.82, 2.24) is 24.8 Å². The van der Waals surface area contributed by atoms with Gasteiger partial charge in [-0.15, -0.1) is 0 Å². The summed E-state index contributed by atoms with van der Waals surface area (Å²) in [5.41, 5.74) is 8.72. The molecule has 4 atom stereocenters. The molecule has 1 aromatic carbocycles. The van der Waals surface area contributed by atoms with Crippen molar-refractivity contribution in [2.45, 2.75) is 50.7 Å². The van der Waals surface area contributed by atoms with Gasteiger partial charge in [0.15, 0.2) is 35.1 Å². The fourth-order valence-electron chi connectivity index (χ4n) is 4.21. The highest BCUT2D eigenvalue weighted by atomic mass is 16.8. The number of fused-ring (bicyclic) bond motifs is 2. The van der Waals surface area contributed by atoms with Gasteiger partial charge < -0.3 is 30.6 Å². The van der Waals surface area contributed by atoms with Gasteiger partial charge in [0.2, 0.25) is 0 Å². The van der Waals surface area contributed by atoms with E-state index in [1.54, 1.807) is 17.9 Å². The zero-order chi connectivity index (χ0) is 22.5. The molecule has 11 heteroatoms. The van der Waals surface area contributed by atoms with Crippen LogP contribution in [-0.4, -0.2) is 56.6 Å². The number of nitrogens with two attached hydrogens (primary N) is 1. The van der Waals surface area contributed by atoms with Crippen LogP contribution in [0.3, 0.4) is 0 Å². The molecule has 2 aliphatic rings. The number of carbonyl (C=O) groups is 1. The predicted octanol–water partition coefficient (Wildman–Crippen LogP) is 1.18. The first-order chi connectivity index (χ1) is 15.4. The highest BCUT2D eigenvalue weighted by molar-refractivity contribution is 5.83. The van der Waals surface area contributed by atoms with Crippen LogP contribution in [0, 0.1) is 0 Å². The van der Waals surface area contributed by atoms with E-state index in [2.05, 4.69) is 25.6 Å². The summed E-state index contributed by atoms with van der Waals surface area (Å²) in [4.78, 5) is 25.7. The van der Waals surface area contributed by atoms with E-state index in [9.17, 15) is 4.79 Å². The fourth-order valence-corrected chi connectivity index (χ4v) is 4.21. The van der Waals surface area contributed by atoms with Crippen molar-refractivity contribution in [3.8, 4) is 0 Å². The largest absolute Gasteiger partial charge is 0.399 e. The summed E-state index contributed by atoms with van der Waals surface area (Å²) in [7, 11) is 1.56. The number of rotatable bonds is 5. The summed E-state index contributed by atoms with van der Waals surface area (Å²) in [5, 5.41) is 5.91. The number of nitrogen functional groups attached to an aromatic ring is 1. The van der Waals surface area contributed by atoms with Crippen LogP contribution in [0.25, 0.3) is 11.2 Å². The van der Waals surface area contributed by atoms with Gasteiger partial charge in [0.05, 0.1) is 6.33 Å². The van der Waals surface area contributed by atoms with Gasteiger partial charge in [0.1, 0.15) is 18.5 Å². The molecule has 2 saturated heterocycles. The number of hydrogen-bond donors (Lipinski definition) is 3. The molecule has 4 N–H and O–H groups in total. The number of hydrogen-bond acceptors (Lipinski definition) is 9. The Bertz CT molecular complexity index is 1160. The average molecular weight is 439 g/mol. The van der Waals surface area contributed by atoms with Gasteiger partial charge in [-0.3, -0.25) is 9.36 Å². The maximum atomic E-state index is 12.4. The third kappa shape index (κ3) is 3.53. The van der Waals surface area contributed by atoms with E-state index in [0.717, 1.165) is 5.56 Å². The number of ether oxygens (including phenoxy) is 3. The Balaban J connectivity index is 1.45.